The van der Waals surface area contributed by atoms with Crippen LogP contribution in [0.4, 0.5) is 0 Å². The first-order valence-electron chi connectivity index (χ1n) is 4.95. The van der Waals surface area contributed by atoms with Gasteiger partial charge in [-0.1, -0.05) is 0 Å². The van der Waals surface area contributed by atoms with Crippen molar-refractivity contribution in [2.75, 3.05) is 13.2 Å². The van der Waals surface area contributed by atoms with E-state index in [1.54, 1.807) is 6.92 Å². The van der Waals surface area contributed by atoms with Crippen LogP contribution < -0.4 is 5.73 Å². The van der Waals surface area contributed by atoms with Crippen LogP contribution in [0.2, 0.25) is 0 Å². The number of Topliss-reactive ketones (excluding diaryl/α,β-unsaturated/α-hetero) is 1. The van der Waals surface area contributed by atoms with Crippen LogP contribution in [0.1, 0.15) is 33.6 Å². The molecule has 0 aromatic heterocycles. The number of ether oxygens (including phenoxy) is 1. The maximum absolute atomic E-state index is 10.4. The van der Waals surface area contributed by atoms with Gasteiger partial charge in [-0.05, 0) is 27.2 Å². The monoisotopic (exact) mass is 219 g/mol. The highest BCUT2D eigenvalue weighted by molar-refractivity contribution is 5.94. The van der Waals surface area contributed by atoms with Crippen LogP contribution in [0.25, 0.3) is 0 Å². The number of esters is 1. The van der Waals surface area contributed by atoms with Crippen LogP contribution in [-0.2, 0) is 14.3 Å². The Hall–Kier alpha value is -0.940. The number of aliphatic hydroxyl groups is 1. The van der Waals surface area contributed by atoms with Gasteiger partial charge >= 0.3 is 5.97 Å². The van der Waals surface area contributed by atoms with Crippen LogP contribution in [-0.4, -0.2) is 36.1 Å². The summed E-state index contributed by atoms with van der Waals surface area (Å²) in [5.41, 5.74) is 5.24. The van der Waals surface area contributed by atoms with Crippen molar-refractivity contribution in [2.45, 2.75) is 39.7 Å². The smallest absolute Gasteiger partial charge is 0.313 e. The highest BCUT2D eigenvalue weighted by Crippen LogP contribution is 1.86. The number of hydrogen-bond donors (Lipinski definition) is 2. The molecule has 0 saturated carbocycles. The van der Waals surface area contributed by atoms with Gasteiger partial charge in [0.15, 0.2) is 0 Å². The number of rotatable bonds is 5. The molecule has 0 bridgehead atoms. The molecule has 15 heavy (non-hydrogen) atoms. The summed E-state index contributed by atoms with van der Waals surface area (Å²) >= 11 is 0. The fourth-order valence-corrected chi connectivity index (χ4v) is 0.619. The number of aliphatic hydroxyl groups excluding tert-OH is 1. The number of ketones is 1. The van der Waals surface area contributed by atoms with Crippen LogP contribution in [0, 0.1) is 0 Å². The molecule has 3 N–H and O–H groups in total. The lowest BCUT2D eigenvalue weighted by Crippen LogP contribution is -2.15. The Kier molecular flexibility index (Phi) is 12.2. The second-order valence-electron chi connectivity index (χ2n) is 3.17. The van der Waals surface area contributed by atoms with Crippen LogP contribution >= 0.6 is 0 Å². The highest BCUT2D eigenvalue weighted by atomic mass is 16.5. The fraction of sp³-hybridized carbons (Fsp3) is 0.800. The summed E-state index contributed by atoms with van der Waals surface area (Å²) in [7, 11) is 0. The summed E-state index contributed by atoms with van der Waals surface area (Å²) in [6, 6.07) is 0.148. The summed E-state index contributed by atoms with van der Waals surface area (Å²) in [6.07, 6.45) is 0.605. The van der Waals surface area contributed by atoms with Gasteiger partial charge in [0.1, 0.15) is 12.2 Å². The normalized spacial score (nSPS) is 11.0. The molecule has 0 aliphatic carbocycles. The molecule has 0 amide bonds. The van der Waals surface area contributed by atoms with E-state index in [-0.39, 0.29) is 24.9 Å². The third-order valence-electron chi connectivity index (χ3n) is 1.28. The molecule has 0 aliphatic heterocycles. The van der Waals surface area contributed by atoms with Gasteiger partial charge in [0.2, 0.25) is 0 Å². The lowest BCUT2D eigenvalue weighted by molar-refractivity contribution is -0.145. The van der Waals surface area contributed by atoms with Crippen molar-refractivity contribution < 1.29 is 19.4 Å². The molecule has 0 radical (unpaired) electrons. The van der Waals surface area contributed by atoms with Gasteiger partial charge in [-0.15, -0.1) is 0 Å². The molecule has 0 saturated heterocycles. The Bertz CT molecular complexity index is 180. The van der Waals surface area contributed by atoms with Gasteiger partial charge in [-0.2, -0.15) is 0 Å². The lowest BCUT2D eigenvalue weighted by atomic mass is 10.3. The van der Waals surface area contributed by atoms with E-state index in [0.29, 0.717) is 13.0 Å². The van der Waals surface area contributed by atoms with Crippen molar-refractivity contribution in [3.05, 3.63) is 0 Å². The van der Waals surface area contributed by atoms with Crippen molar-refractivity contribution in [1.29, 1.82) is 0 Å². The number of nitrogens with two attached hydrogens (primary N) is 1. The minimum absolute atomic E-state index is 0.103. The molecule has 90 valence electrons. The molecule has 5 heteroatoms. The summed E-state index contributed by atoms with van der Waals surface area (Å²) in [5, 5.41) is 8.16. The fourth-order valence-electron chi connectivity index (χ4n) is 0.619. The van der Waals surface area contributed by atoms with E-state index in [1.165, 1.54) is 6.92 Å². The summed E-state index contributed by atoms with van der Waals surface area (Å²) in [6.45, 7) is 5.48. The largest absolute Gasteiger partial charge is 0.466 e. The van der Waals surface area contributed by atoms with Gasteiger partial charge in [-0.3, -0.25) is 9.59 Å². The maximum Gasteiger partial charge on any atom is 0.313 e. The van der Waals surface area contributed by atoms with E-state index in [1.807, 2.05) is 6.92 Å². The number of carbonyl (C=O) groups excluding carboxylic acids is 2. The van der Waals surface area contributed by atoms with Crippen LogP contribution in [0.5, 0.6) is 0 Å². The first-order valence-corrected chi connectivity index (χ1v) is 4.95. The average molecular weight is 219 g/mol. The molecule has 1 atom stereocenters. The van der Waals surface area contributed by atoms with E-state index in [2.05, 4.69) is 4.74 Å². The molecule has 0 heterocycles. The molecule has 0 aromatic rings. The quantitative estimate of drug-likeness (QED) is 0.511. The molecule has 0 fully saturated rings. The molecule has 0 aliphatic rings. The van der Waals surface area contributed by atoms with Crippen molar-refractivity contribution in [3.8, 4) is 0 Å². The molecular formula is C10H21NO4. The third kappa shape index (κ3) is 19.5. The minimum atomic E-state index is -0.440. The van der Waals surface area contributed by atoms with E-state index in [9.17, 15) is 9.59 Å². The van der Waals surface area contributed by atoms with Gasteiger partial charge in [0.05, 0.1) is 6.61 Å². The maximum atomic E-state index is 10.4. The predicted molar refractivity (Wildman–Crippen MR) is 57.3 cm³/mol. The molecule has 5 nitrogen and oxygen atoms in total. The average Bonchev–Trinajstić information content (AvgIpc) is 2.03. The SMILES string of the molecule is CCOC(=O)CC(C)=O.C[C@@H](N)CCO. The van der Waals surface area contributed by atoms with Gasteiger partial charge < -0.3 is 15.6 Å². The van der Waals surface area contributed by atoms with Crippen molar-refractivity contribution in [3.63, 3.8) is 0 Å². The third-order valence-corrected chi connectivity index (χ3v) is 1.28. The Balaban J connectivity index is 0. The van der Waals surface area contributed by atoms with E-state index in [0.717, 1.165) is 0 Å². The Labute approximate surface area is 90.6 Å². The van der Waals surface area contributed by atoms with E-state index < -0.39 is 5.97 Å². The first kappa shape index (κ1) is 16.5. The predicted octanol–water partition coefficient (Wildman–Crippen LogP) is 0.245. The Morgan fingerprint density at radius 2 is 2.00 bits per heavy atom. The summed E-state index contributed by atoms with van der Waals surface area (Å²) < 4.78 is 4.49. The number of carbonyl (C=O) groups is 2. The zero-order valence-electron chi connectivity index (χ0n) is 9.66. The standard InChI is InChI=1S/C6H10O3.C4H11NO/c1-3-9-6(8)4-5(2)7;1-4(5)2-3-6/h3-4H2,1-2H3;4,6H,2-3,5H2,1H3/t;4-/m.1/s1. The molecule has 0 unspecified atom stereocenters. The zero-order valence-corrected chi connectivity index (χ0v) is 9.66. The lowest BCUT2D eigenvalue weighted by Gasteiger charge is -1.96. The summed E-state index contributed by atoms with van der Waals surface area (Å²) in [5.74, 6) is -0.599. The van der Waals surface area contributed by atoms with Crippen LogP contribution in [0.3, 0.4) is 0 Å². The van der Waals surface area contributed by atoms with Crippen molar-refractivity contribution in [2.24, 2.45) is 5.73 Å². The Morgan fingerprint density at radius 1 is 1.47 bits per heavy atom. The van der Waals surface area contributed by atoms with E-state index in [4.69, 9.17) is 10.8 Å². The highest BCUT2D eigenvalue weighted by Gasteiger charge is 2.03. The Morgan fingerprint density at radius 3 is 2.20 bits per heavy atom. The van der Waals surface area contributed by atoms with Crippen molar-refractivity contribution in [1.82, 2.24) is 0 Å². The van der Waals surface area contributed by atoms with E-state index >= 15 is 0 Å². The van der Waals surface area contributed by atoms with Gasteiger partial charge in [0.25, 0.3) is 0 Å². The summed E-state index contributed by atoms with van der Waals surface area (Å²) in [4.78, 5) is 20.6. The first-order chi connectivity index (χ1) is 6.93. The second kappa shape index (κ2) is 11.1. The van der Waals surface area contributed by atoms with Gasteiger partial charge in [-0.25, -0.2) is 0 Å². The zero-order chi connectivity index (χ0) is 12.3. The molecular weight excluding hydrogens is 198 g/mol. The van der Waals surface area contributed by atoms with Crippen LogP contribution in [0.15, 0.2) is 0 Å². The van der Waals surface area contributed by atoms with Crippen molar-refractivity contribution >= 4 is 11.8 Å². The topological polar surface area (TPSA) is 89.6 Å². The molecule has 0 spiro atoms. The molecule has 0 rings (SSSR count). The minimum Gasteiger partial charge on any atom is -0.466 e. The number of hydrogen-bond acceptors (Lipinski definition) is 5. The second-order valence-corrected chi connectivity index (χ2v) is 3.17. The van der Waals surface area contributed by atoms with Gasteiger partial charge in [0, 0.05) is 12.6 Å². The molecule has 0 aromatic carbocycles.